The number of rotatable bonds is 5. The van der Waals surface area contributed by atoms with Crippen LogP contribution in [0.3, 0.4) is 0 Å². The van der Waals surface area contributed by atoms with Crippen LogP contribution in [0.2, 0.25) is 0 Å². The van der Waals surface area contributed by atoms with Gasteiger partial charge in [0.15, 0.2) is 0 Å². The van der Waals surface area contributed by atoms with E-state index in [0.717, 1.165) is 38.1 Å². The number of benzene rings is 2. The summed E-state index contributed by atoms with van der Waals surface area (Å²) < 4.78 is 5.67. The summed E-state index contributed by atoms with van der Waals surface area (Å²) in [4.78, 5) is 37.2. The largest absolute Gasteiger partial charge is 0.464 e. The normalized spacial score (nSPS) is 13.8. The van der Waals surface area contributed by atoms with Gasteiger partial charge in [0.1, 0.15) is 5.58 Å². The highest BCUT2D eigenvalue weighted by Gasteiger charge is 2.28. The molecule has 148 valence electrons. The minimum Gasteiger partial charge on any atom is -0.464 e. The number of nitrogens with zero attached hydrogens (tertiary/aromatic N) is 1. The number of fused-ring (bicyclic) bond motifs is 1. The first-order chi connectivity index (χ1) is 13.9. The van der Waals surface area contributed by atoms with Crippen LogP contribution in [0.5, 0.6) is 0 Å². The van der Waals surface area contributed by atoms with Gasteiger partial charge in [0.25, 0.3) is 0 Å². The van der Waals surface area contributed by atoms with E-state index >= 15 is 0 Å². The minimum absolute atomic E-state index is 0.0207. The van der Waals surface area contributed by atoms with Crippen LogP contribution in [0.15, 0.2) is 47.1 Å². The average molecular weight is 391 g/mol. The number of aryl methyl sites for hydroxylation is 2. The van der Waals surface area contributed by atoms with Crippen molar-refractivity contribution in [1.82, 2.24) is 10.2 Å². The summed E-state index contributed by atoms with van der Waals surface area (Å²) in [6.07, 6.45) is 1.82. The number of urea groups is 1. The van der Waals surface area contributed by atoms with Crippen LogP contribution in [0.4, 0.5) is 10.5 Å². The molecule has 0 spiro atoms. The van der Waals surface area contributed by atoms with Crippen molar-refractivity contribution >= 4 is 34.5 Å². The molecule has 7 nitrogen and oxygen atoms in total. The van der Waals surface area contributed by atoms with Crippen LogP contribution in [0.1, 0.15) is 22.3 Å². The highest BCUT2D eigenvalue weighted by atomic mass is 16.3. The Labute approximate surface area is 167 Å². The zero-order chi connectivity index (χ0) is 20.5. The molecule has 2 aromatic carbocycles. The van der Waals surface area contributed by atoms with Crippen molar-refractivity contribution in [2.45, 2.75) is 26.8 Å². The molecule has 1 saturated heterocycles. The van der Waals surface area contributed by atoms with E-state index in [1.54, 1.807) is 24.5 Å². The molecule has 0 unspecified atom stereocenters. The molecule has 2 N–H and O–H groups in total. The quantitative estimate of drug-likeness (QED) is 0.653. The van der Waals surface area contributed by atoms with Crippen molar-refractivity contribution in [3.8, 4) is 0 Å². The second-order valence-electron chi connectivity index (χ2n) is 7.21. The summed E-state index contributed by atoms with van der Waals surface area (Å²) in [6, 6.07) is 10.7. The number of imide groups is 1. The maximum Gasteiger partial charge on any atom is 0.324 e. The summed E-state index contributed by atoms with van der Waals surface area (Å²) in [5.74, 6) is -0.431. The van der Waals surface area contributed by atoms with E-state index in [1.807, 2.05) is 32.0 Å². The molecule has 0 bridgehead atoms. The number of anilines is 1. The molecule has 2 heterocycles. The van der Waals surface area contributed by atoms with E-state index in [9.17, 15) is 14.4 Å². The van der Waals surface area contributed by atoms with Crippen molar-refractivity contribution in [2.24, 2.45) is 0 Å². The van der Waals surface area contributed by atoms with Gasteiger partial charge < -0.3 is 15.1 Å². The molecule has 0 saturated carbocycles. The third-order valence-electron chi connectivity index (χ3n) is 5.18. The molecule has 4 rings (SSSR count). The summed E-state index contributed by atoms with van der Waals surface area (Å²) in [7, 11) is 0. The van der Waals surface area contributed by atoms with Gasteiger partial charge in [-0.25, -0.2) is 4.79 Å². The van der Waals surface area contributed by atoms with Gasteiger partial charge in [-0.15, -0.1) is 0 Å². The summed E-state index contributed by atoms with van der Waals surface area (Å²) >= 11 is 0. The third-order valence-corrected chi connectivity index (χ3v) is 5.18. The topological polar surface area (TPSA) is 91.7 Å². The SMILES string of the molecule is Cc1ccc2c(CC(=O)Nc3cccc(CN4C(=O)CNC4=O)c3)coc2c1C. The number of amides is 4. The molecular weight excluding hydrogens is 370 g/mol. The predicted octanol–water partition coefficient (Wildman–Crippen LogP) is 3.28. The fourth-order valence-electron chi connectivity index (χ4n) is 3.45. The number of hydrogen-bond donors (Lipinski definition) is 2. The lowest BCUT2D eigenvalue weighted by Crippen LogP contribution is -2.30. The van der Waals surface area contributed by atoms with Crippen LogP contribution < -0.4 is 10.6 Å². The van der Waals surface area contributed by atoms with Crippen molar-refractivity contribution < 1.29 is 18.8 Å². The fourth-order valence-corrected chi connectivity index (χ4v) is 3.45. The van der Waals surface area contributed by atoms with E-state index in [4.69, 9.17) is 4.42 Å². The monoisotopic (exact) mass is 391 g/mol. The maximum absolute atomic E-state index is 12.6. The number of furan rings is 1. The van der Waals surface area contributed by atoms with E-state index in [2.05, 4.69) is 10.6 Å². The molecule has 3 aromatic rings. The van der Waals surface area contributed by atoms with Gasteiger partial charge in [-0.2, -0.15) is 0 Å². The number of carbonyl (C=O) groups is 3. The van der Waals surface area contributed by atoms with Crippen LogP contribution >= 0.6 is 0 Å². The smallest absolute Gasteiger partial charge is 0.324 e. The zero-order valence-electron chi connectivity index (χ0n) is 16.2. The van der Waals surface area contributed by atoms with Crippen molar-refractivity contribution in [3.05, 3.63) is 64.9 Å². The van der Waals surface area contributed by atoms with E-state index < -0.39 is 6.03 Å². The Morgan fingerprint density at radius 3 is 2.79 bits per heavy atom. The van der Waals surface area contributed by atoms with Crippen molar-refractivity contribution in [2.75, 3.05) is 11.9 Å². The first kappa shape index (κ1) is 18.7. The second-order valence-corrected chi connectivity index (χ2v) is 7.21. The van der Waals surface area contributed by atoms with E-state index in [0.29, 0.717) is 5.69 Å². The molecule has 1 aliphatic rings. The summed E-state index contributed by atoms with van der Waals surface area (Å²) in [5.41, 5.74) is 5.22. The standard InChI is InChI=1S/C22H21N3O4/c1-13-6-7-18-16(12-29-21(18)14(13)2)9-19(26)24-17-5-3-4-15(8-17)11-25-20(27)10-23-22(25)28/h3-8,12H,9-11H2,1-2H3,(H,23,28)(H,24,26). The predicted molar refractivity (Wildman–Crippen MR) is 108 cm³/mol. The molecule has 4 amide bonds. The molecule has 0 radical (unpaired) electrons. The number of carbonyl (C=O) groups excluding carboxylic acids is 3. The molecule has 1 fully saturated rings. The molecule has 1 aromatic heterocycles. The summed E-state index contributed by atoms with van der Waals surface area (Å²) in [5, 5.41) is 6.31. The number of nitrogens with one attached hydrogen (secondary N) is 2. The maximum atomic E-state index is 12.6. The Morgan fingerprint density at radius 2 is 2.03 bits per heavy atom. The van der Waals surface area contributed by atoms with Crippen LogP contribution in [-0.2, 0) is 22.6 Å². The van der Waals surface area contributed by atoms with Crippen LogP contribution in [0.25, 0.3) is 11.0 Å². The Bertz CT molecular complexity index is 1120. The van der Waals surface area contributed by atoms with Crippen molar-refractivity contribution in [3.63, 3.8) is 0 Å². The lowest BCUT2D eigenvalue weighted by atomic mass is 10.0. The van der Waals surface area contributed by atoms with Crippen LogP contribution in [-0.4, -0.2) is 29.3 Å². The Balaban J connectivity index is 1.46. The van der Waals surface area contributed by atoms with Gasteiger partial charge in [-0.1, -0.05) is 24.3 Å². The molecule has 1 aliphatic heterocycles. The first-order valence-electron chi connectivity index (χ1n) is 9.35. The van der Waals surface area contributed by atoms with E-state index in [-0.39, 0.29) is 31.3 Å². The Morgan fingerprint density at radius 1 is 1.21 bits per heavy atom. The van der Waals surface area contributed by atoms with Gasteiger partial charge in [-0.3, -0.25) is 14.5 Å². The Kier molecular flexibility index (Phi) is 4.80. The number of hydrogen-bond acceptors (Lipinski definition) is 4. The molecular formula is C22H21N3O4. The van der Waals surface area contributed by atoms with E-state index in [1.165, 1.54) is 0 Å². The lowest BCUT2D eigenvalue weighted by Gasteiger charge is -2.13. The van der Waals surface area contributed by atoms with Gasteiger partial charge in [0.2, 0.25) is 11.8 Å². The highest BCUT2D eigenvalue weighted by molar-refractivity contribution is 6.02. The highest BCUT2D eigenvalue weighted by Crippen LogP contribution is 2.27. The second kappa shape index (κ2) is 7.43. The minimum atomic E-state index is -0.401. The summed E-state index contributed by atoms with van der Waals surface area (Å²) in [6.45, 7) is 4.21. The van der Waals surface area contributed by atoms with Gasteiger partial charge in [0, 0.05) is 16.6 Å². The average Bonchev–Trinajstić information content (AvgIpc) is 3.23. The Hall–Kier alpha value is -3.61. The van der Waals surface area contributed by atoms with Crippen LogP contribution in [0, 0.1) is 13.8 Å². The van der Waals surface area contributed by atoms with Crippen molar-refractivity contribution in [1.29, 1.82) is 0 Å². The lowest BCUT2D eigenvalue weighted by molar-refractivity contribution is -0.125. The third kappa shape index (κ3) is 3.71. The molecule has 0 atom stereocenters. The molecule has 7 heteroatoms. The zero-order valence-corrected chi connectivity index (χ0v) is 16.2. The van der Waals surface area contributed by atoms with Gasteiger partial charge in [-0.05, 0) is 42.7 Å². The molecule has 0 aliphatic carbocycles. The van der Waals surface area contributed by atoms with Gasteiger partial charge >= 0.3 is 6.03 Å². The van der Waals surface area contributed by atoms with Gasteiger partial charge in [0.05, 0.1) is 25.8 Å². The fraction of sp³-hybridized carbons (Fsp3) is 0.227. The molecule has 29 heavy (non-hydrogen) atoms. The first-order valence-corrected chi connectivity index (χ1v) is 9.35.